The van der Waals surface area contributed by atoms with Gasteiger partial charge in [-0.2, -0.15) is 0 Å². The van der Waals surface area contributed by atoms with Crippen LogP contribution in [0.4, 0.5) is 0 Å². The highest BCUT2D eigenvalue weighted by atomic mass is 127. The van der Waals surface area contributed by atoms with E-state index in [4.69, 9.17) is 0 Å². The van der Waals surface area contributed by atoms with E-state index in [1.807, 2.05) is 7.05 Å². The highest BCUT2D eigenvalue weighted by molar-refractivity contribution is 14.0. The first-order valence-electron chi connectivity index (χ1n) is 8.01. The van der Waals surface area contributed by atoms with Gasteiger partial charge in [0, 0.05) is 38.2 Å². The number of guanidine groups is 1. The van der Waals surface area contributed by atoms with Crippen molar-refractivity contribution < 1.29 is 0 Å². The van der Waals surface area contributed by atoms with Crippen molar-refractivity contribution in [1.82, 2.24) is 15.1 Å². The fraction of sp³-hybridized carbons (Fsp3) is 0.588. The second-order valence-electron chi connectivity index (χ2n) is 5.96. The quantitative estimate of drug-likeness (QED) is 0.386. The minimum absolute atomic E-state index is 0. The SMILES string of the molecule is CCN1CCC(CNC(=NC)N(C)Cc2ccc(Br)cc2)C1.I. The Labute approximate surface area is 165 Å². The lowest BCUT2D eigenvalue weighted by molar-refractivity contribution is 0.340. The monoisotopic (exact) mass is 494 g/mol. The van der Waals surface area contributed by atoms with Gasteiger partial charge in [-0.05, 0) is 43.1 Å². The van der Waals surface area contributed by atoms with Crippen LogP contribution in [-0.4, -0.2) is 56.0 Å². The maximum absolute atomic E-state index is 4.41. The van der Waals surface area contributed by atoms with Crippen LogP contribution in [0.2, 0.25) is 0 Å². The number of nitrogens with zero attached hydrogens (tertiary/aromatic N) is 3. The predicted octanol–water partition coefficient (Wildman–Crippen LogP) is 3.42. The first-order chi connectivity index (χ1) is 10.6. The Bertz CT molecular complexity index is 492. The third-order valence-corrected chi connectivity index (χ3v) is 4.80. The lowest BCUT2D eigenvalue weighted by atomic mass is 10.1. The highest BCUT2D eigenvalue weighted by Crippen LogP contribution is 2.15. The van der Waals surface area contributed by atoms with Crippen LogP contribution in [0, 0.1) is 5.92 Å². The number of benzene rings is 1. The van der Waals surface area contributed by atoms with Crippen molar-refractivity contribution in [3.05, 3.63) is 34.3 Å². The fourth-order valence-electron chi connectivity index (χ4n) is 2.93. The number of rotatable bonds is 5. The normalized spacial score (nSPS) is 18.6. The molecule has 1 heterocycles. The average Bonchev–Trinajstić information content (AvgIpc) is 2.98. The molecule has 1 aliphatic heterocycles. The maximum atomic E-state index is 4.41. The molecule has 0 aromatic heterocycles. The van der Waals surface area contributed by atoms with Crippen LogP contribution in [-0.2, 0) is 6.54 Å². The second kappa shape index (κ2) is 10.5. The summed E-state index contributed by atoms with van der Waals surface area (Å²) < 4.78 is 1.11. The summed E-state index contributed by atoms with van der Waals surface area (Å²) in [6.45, 7) is 7.70. The molecule has 1 aromatic rings. The summed E-state index contributed by atoms with van der Waals surface area (Å²) in [4.78, 5) is 9.10. The van der Waals surface area contributed by atoms with E-state index in [0.29, 0.717) is 0 Å². The van der Waals surface area contributed by atoms with Crippen molar-refractivity contribution in [1.29, 1.82) is 0 Å². The maximum Gasteiger partial charge on any atom is 0.193 e. The van der Waals surface area contributed by atoms with Gasteiger partial charge in [0.15, 0.2) is 5.96 Å². The Hall–Kier alpha value is -0.340. The summed E-state index contributed by atoms with van der Waals surface area (Å²) in [6.07, 6.45) is 1.29. The zero-order valence-corrected chi connectivity index (χ0v) is 18.2. The molecule has 0 radical (unpaired) electrons. The Morgan fingerprint density at radius 2 is 2.09 bits per heavy atom. The van der Waals surface area contributed by atoms with Crippen LogP contribution < -0.4 is 5.32 Å². The zero-order chi connectivity index (χ0) is 15.9. The molecular weight excluding hydrogens is 467 g/mol. The molecule has 2 rings (SSSR count). The molecule has 6 heteroatoms. The minimum atomic E-state index is 0. The summed E-state index contributed by atoms with van der Waals surface area (Å²) in [5.41, 5.74) is 1.28. The molecule has 0 spiro atoms. The van der Waals surface area contributed by atoms with Crippen LogP contribution in [0.5, 0.6) is 0 Å². The van der Waals surface area contributed by atoms with Gasteiger partial charge in [0.25, 0.3) is 0 Å². The molecule has 23 heavy (non-hydrogen) atoms. The summed E-state index contributed by atoms with van der Waals surface area (Å²) in [5.74, 6) is 1.70. The van der Waals surface area contributed by atoms with E-state index in [1.165, 1.54) is 25.1 Å². The van der Waals surface area contributed by atoms with Crippen LogP contribution in [0.1, 0.15) is 18.9 Å². The van der Waals surface area contributed by atoms with Gasteiger partial charge in [-0.15, -0.1) is 24.0 Å². The molecule has 1 fully saturated rings. The van der Waals surface area contributed by atoms with Gasteiger partial charge in [-0.1, -0.05) is 35.0 Å². The molecule has 0 amide bonds. The van der Waals surface area contributed by atoms with Crippen molar-refractivity contribution in [2.75, 3.05) is 40.3 Å². The van der Waals surface area contributed by atoms with E-state index < -0.39 is 0 Å². The van der Waals surface area contributed by atoms with Gasteiger partial charge in [-0.3, -0.25) is 4.99 Å². The van der Waals surface area contributed by atoms with E-state index in [9.17, 15) is 0 Å². The molecule has 1 aromatic carbocycles. The van der Waals surface area contributed by atoms with Gasteiger partial charge < -0.3 is 15.1 Å². The van der Waals surface area contributed by atoms with Crippen molar-refractivity contribution in [2.45, 2.75) is 19.9 Å². The highest BCUT2D eigenvalue weighted by Gasteiger charge is 2.21. The first-order valence-corrected chi connectivity index (χ1v) is 8.80. The average molecular weight is 495 g/mol. The molecule has 0 aliphatic carbocycles. The van der Waals surface area contributed by atoms with Gasteiger partial charge >= 0.3 is 0 Å². The molecule has 1 aliphatic rings. The van der Waals surface area contributed by atoms with Crippen molar-refractivity contribution in [3.63, 3.8) is 0 Å². The molecule has 1 unspecified atom stereocenters. The van der Waals surface area contributed by atoms with Gasteiger partial charge in [0.05, 0.1) is 0 Å². The lowest BCUT2D eigenvalue weighted by Gasteiger charge is -2.23. The van der Waals surface area contributed by atoms with Crippen molar-refractivity contribution >= 4 is 45.9 Å². The van der Waals surface area contributed by atoms with Crippen molar-refractivity contribution in [3.8, 4) is 0 Å². The topological polar surface area (TPSA) is 30.9 Å². The Balaban J connectivity index is 0.00000264. The van der Waals surface area contributed by atoms with E-state index in [2.05, 4.69) is 74.3 Å². The lowest BCUT2D eigenvalue weighted by Crippen LogP contribution is -2.41. The Kier molecular flexibility index (Phi) is 9.46. The van der Waals surface area contributed by atoms with Crippen LogP contribution in [0.15, 0.2) is 33.7 Å². The molecule has 4 nitrogen and oxygen atoms in total. The number of nitrogens with one attached hydrogen (secondary N) is 1. The molecule has 0 bridgehead atoms. The summed E-state index contributed by atoms with van der Waals surface area (Å²) in [7, 11) is 3.94. The largest absolute Gasteiger partial charge is 0.356 e. The zero-order valence-electron chi connectivity index (χ0n) is 14.3. The Morgan fingerprint density at radius 3 is 2.65 bits per heavy atom. The predicted molar refractivity (Wildman–Crippen MR) is 113 cm³/mol. The number of aliphatic imine (C=N–C) groups is 1. The summed E-state index contributed by atoms with van der Waals surface area (Å²) in [5, 5.41) is 3.53. The summed E-state index contributed by atoms with van der Waals surface area (Å²) >= 11 is 3.47. The molecule has 1 atom stereocenters. The molecule has 1 saturated heterocycles. The third kappa shape index (κ3) is 6.58. The first kappa shape index (κ1) is 20.7. The van der Waals surface area contributed by atoms with E-state index >= 15 is 0 Å². The molecule has 130 valence electrons. The van der Waals surface area contributed by atoms with Gasteiger partial charge in [-0.25, -0.2) is 0 Å². The molecule has 1 N–H and O–H groups in total. The number of likely N-dealkylation sites (tertiary alicyclic amines) is 1. The smallest absolute Gasteiger partial charge is 0.193 e. The fourth-order valence-corrected chi connectivity index (χ4v) is 3.19. The van der Waals surface area contributed by atoms with Crippen LogP contribution in [0.25, 0.3) is 0 Å². The van der Waals surface area contributed by atoms with Crippen LogP contribution in [0.3, 0.4) is 0 Å². The van der Waals surface area contributed by atoms with Crippen LogP contribution >= 0.6 is 39.9 Å². The molecular formula is C17H28BrIN4. The van der Waals surface area contributed by atoms with Crippen molar-refractivity contribution in [2.24, 2.45) is 10.9 Å². The summed E-state index contributed by atoms with van der Waals surface area (Å²) in [6, 6.07) is 8.45. The number of hydrogen-bond donors (Lipinski definition) is 1. The van der Waals surface area contributed by atoms with E-state index in [1.54, 1.807) is 0 Å². The standard InChI is InChI=1S/C17H27BrN4.HI/c1-4-22-10-9-15(13-22)11-20-17(19-2)21(3)12-14-5-7-16(18)8-6-14;/h5-8,15H,4,9-13H2,1-3H3,(H,19,20);1H. The van der Waals surface area contributed by atoms with Gasteiger partial charge in [0.1, 0.15) is 0 Å². The minimum Gasteiger partial charge on any atom is -0.356 e. The Morgan fingerprint density at radius 1 is 1.39 bits per heavy atom. The second-order valence-corrected chi connectivity index (χ2v) is 6.87. The third-order valence-electron chi connectivity index (χ3n) is 4.27. The van der Waals surface area contributed by atoms with E-state index in [0.717, 1.165) is 36.0 Å². The number of hydrogen-bond acceptors (Lipinski definition) is 2. The number of halogens is 2. The molecule has 0 saturated carbocycles. The van der Waals surface area contributed by atoms with E-state index in [-0.39, 0.29) is 24.0 Å². The van der Waals surface area contributed by atoms with Gasteiger partial charge in [0.2, 0.25) is 0 Å².